The molecule has 0 saturated carbocycles. The molecule has 2 aliphatic rings. The number of fused-ring (bicyclic) bond motifs is 3. The van der Waals surface area contributed by atoms with E-state index in [-0.39, 0.29) is 22.5 Å². The Morgan fingerprint density at radius 3 is 2.63 bits per heavy atom. The molecule has 3 aromatic carbocycles. The normalized spacial score (nSPS) is 15.8. The first-order valence-corrected chi connectivity index (χ1v) is 14.5. The second kappa shape index (κ2) is 12.0. The summed E-state index contributed by atoms with van der Waals surface area (Å²) in [6.45, 7) is 3.27. The monoisotopic (exact) mass is 604 g/mol. The van der Waals surface area contributed by atoms with E-state index in [1.165, 1.54) is 22.8 Å². The van der Waals surface area contributed by atoms with Crippen LogP contribution in [0.2, 0.25) is 5.02 Å². The van der Waals surface area contributed by atoms with Gasteiger partial charge in [0.25, 0.3) is 11.5 Å². The Bertz CT molecular complexity index is 1810. The summed E-state index contributed by atoms with van der Waals surface area (Å²) in [5.74, 6) is 1.42. The number of hydrogen-bond acceptors (Lipinski definition) is 7. The number of hydrogen-bond donors (Lipinski definition) is 0. The molecule has 0 spiro atoms. The van der Waals surface area contributed by atoms with Gasteiger partial charge in [0.2, 0.25) is 0 Å². The van der Waals surface area contributed by atoms with Gasteiger partial charge in [-0.25, -0.2) is 9.37 Å². The number of rotatable bonds is 9. The van der Waals surface area contributed by atoms with Gasteiger partial charge in [-0.1, -0.05) is 11.6 Å². The highest BCUT2D eigenvalue weighted by Gasteiger charge is 2.32. The third-order valence-corrected chi connectivity index (χ3v) is 7.98. The average molecular weight is 605 g/mol. The molecule has 43 heavy (non-hydrogen) atoms. The summed E-state index contributed by atoms with van der Waals surface area (Å²) in [6, 6.07) is 12.8. The Morgan fingerprint density at radius 2 is 1.84 bits per heavy atom. The molecule has 222 valence electrons. The molecule has 11 heteroatoms. The van der Waals surface area contributed by atoms with Gasteiger partial charge in [-0.15, -0.1) is 0 Å². The number of halogens is 2. The molecule has 4 aromatic rings. The van der Waals surface area contributed by atoms with E-state index < -0.39 is 5.82 Å². The lowest BCUT2D eigenvalue weighted by molar-refractivity contribution is 0.0774. The van der Waals surface area contributed by atoms with Gasteiger partial charge in [0.15, 0.2) is 11.5 Å². The number of ether oxygens (including phenoxy) is 3. The minimum Gasteiger partial charge on any atom is -0.494 e. The van der Waals surface area contributed by atoms with Gasteiger partial charge < -0.3 is 19.1 Å². The summed E-state index contributed by atoms with van der Waals surface area (Å²) < 4.78 is 32.5. The zero-order valence-corrected chi connectivity index (χ0v) is 24.6. The van der Waals surface area contributed by atoms with Crippen LogP contribution in [0.25, 0.3) is 16.6 Å². The molecule has 0 bridgehead atoms. The number of aryl methyl sites for hydroxylation is 1. The number of unbranched alkanes of at least 4 members (excludes halogenated alkanes) is 1. The third-order valence-electron chi connectivity index (χ3n) is 7.69. The lowest BCUT2D eigenvalue weighted by atomic mass is 10.1. The molecule has 9 nitrogen and oxygen atoms in total. The van der Waals surface area contributed by atoms with Crippen LogP contribution in [0.3, 0.4) is 0 Å². The van der Waals surface area contributed by atoms with Gasteiger partial charge in [0, 0.05) is 18.8 Å². The van der Waals surface area contributed by atoms with Gasteiger partial charge in [-0.2, -0.15) is 0 Å². The first-order valence-electron chi connectivity index (χ1n) is 14.2. The van der Waals surface area contributed by atoms with Gasteiger partial charge in [0.1, 0.15) is 17.4 Å². The molecule has 1 fully saturated rings. The first-order chi connectivity index (χ1) is 20.8. The molecule has 3 heterocycles. The van der Waals surface area contributed by atoms with Crippen molar-refractivity contribution in [1.82, 2.24) is 14.5 Å². The minimum absolute atomic E-state index is 0.0321. The van der Waals surface area contributed by atoms with Crippen molar-refractivity contribution in [2.45, 2.75) is 38.6 Å². The zero-order valence-electron chi connectivity index (χ0n) is 23.8. The van der Waals surface area contributed by atoms with Crippen LogP contribution in [0.4, 0.5) is 10.1 Å². The summed E-state index contributed by atoms with van der Waals surface area (Å²) in [4.78, 5) is 37.4. The van der Waals surface area contributed by atoms with Gasteiger partial charge in [-0.3, -0.25) is 19.1 Å². The maximum absolute atomic E-state index is 13.7. The maximum Gasteiger partial charge on any atom is 0.266 e. The fourth-order valence-corrected chi connectivity index (χ4v) is 5.67. The Hall–Kier alpha value is -4.44. The minimum atomic E-state index is -0.561. The van der Waals surface area contributed by atoms with Crippen LogP contribution in [0.15, 0.2) is 58.3 Å². The van der Waals surface area contributed by atoms with E-state index in [4.69, 9.17) is 25.8 Å². The number of amides is 1. The van der Waals surface area contributed by atoms with Crippen LogP contribution in [0, 0.1) is 12.7 Å². The molecule has 0 N–H and O–H groups in total. The molecule has 2 aliphatic heterocycles. The standard InChI is InChI=1S/C32H30ClFN4O5/c1-19-36-27-10-8-22(15-23(27)32(40)38(19)20-7-9-26(34)25(33)14-20)42-12-3-4-13-43-30-17-28-24(16-29(30)41-2)31(39)37-11-5-6-21(37)18-35-28/h7-10,14-18,21H,3-6,11-13H2,1-2H3/t21-/m0/s1. The molecule has 0 unspecified atom stereocenters. The number of benzene rings is 3. The van der Waals surface area contributed by atoms with Crippen molar-refractivity contribution < 1.29 is 23.4 Å². The highest BCUT2D eigenvalue weighted by molar-refractivity contribution is 6.30. The van der Waals surface area contributed by atoms with Crippen LogP contribution in [-0.2, 0) is 0 Å². The SMILES string of the molecule is COc1cc2c(cc1OCCCCOc1ccc3nc(C)n(-c4ccc(F)c(Cl)c4)c(=O)c3c1)N=C[C@@H]1CCCN1C2=O. The van der Waals surface area contributed by atoms with E-state index in [9.17, 15) is 14.0 Å². The van der Waals surface area contributed by atoms with Crippen molar-refractivity contribution in [1.29, 1.82) is 0 Å². The van der Waals surface area contributed by atoms with Gasteiger partial charge in [0.05, 0.1) is 59.2 Å². The summed E-state index contributed by atoms with van der Waals surface area (Å²) in [5, 5.41) is 0.304. The van der Waals surface area contributed by atoms with Crippen LogP contribution >= 0.6 is 11.6 Å². The maximum atomic E-state index is 13.7. The van der Waals surface area contributed by atoms with E-state index >= 15 is 0 Å². The summed E-state index contributed by atoms with van der Waals surface area (Å²) in [6.07, 6.45) is 5.14. The van der Waals surface area contributed by atoms with E-state index in [1.54, 1.807) is 44.4 Å². The summed E-state index contributed by atoms with van der Waals surface area (Å²) >= 11 is 5.95. The van der Waals surface area contributed by atoms with Crippen molar-refractivity contribution in [2.75, 3.05) is 26.9 Å². The lowest BCUT2D eigenvalue weighted by Gasteiger charge is -2.20. The molecule has 0 aliphatic carbocycles. The molecule has 1 aromatic heterocycles. The largest absolute Gasteiger partial charge is 0.494 e. The fraction of sp³-hybridized carbons (Fsp3) is 0.312. The highest BCUT2D eigenvalue weighted by atomic mass is 35.5. The molecule has 1 amide bonds. The smallest absolute Gasteiger partial charge is 0.266 e. The number of carbonyl (C=O) groups is 1. The van der Waals surface area contributed by atoms with Crippen molar-refractivity contribution in [3.8, 4) is 22.9 Å². The molecule has 6 rings (SSSR count). The van der Waals surface area contributed by atoms with E-state index in [1.807, 2.05) is 11.1 Å². The third kappa shape index (κ3) is 5.67. The summed E-state index contributed by atoms with van der Waals surface area (Å²) in [5.41, 5.74) is 1.77. The van der Waals surface area contributed by atoms with E-state index in [0.717, 1.165) is 19.4 Å². The van der Waals surface area contributed by atoms with Gasteiger partial charge in [-0.05, 0) is 75.1 Å². The number of aliphatic imine (C=N–C) groups is 1. The quantitative estimate of drug-likeness (QED) is 0.216. The second-order valence-electron chi connectivity index (χ2n) is 10.5. The topological polar surface area (TPSA) is 95.2 Å². The Balaban J connectivity index is 1.08. The van der Waals surface area contributed by atoms with Crippen LogP contribution in [0.5, 0.6) is 17.2 Å². The molecular formula is C32H30ClFN4O5. The van der Waals surface area contributed by atoms with E-state index in [2.05, 4.69) is 9.98 Å². The number of carbonyl (C=O) groups excluding carboxylic acids is 1. The van der Waals surface area contributed by atoms with Crippen LogP contribution in [-0.4, -0.2) is 59.5 Å². The first kappa shape index (κ1) is 28.7. The van der Waals surface area contributed by atoms with Crippen molar-refractivity contribution >= 4 is 40.3 Å². The predicted octanol–water partition coefficient (Wildman–Crippen LogP) is 6.05. The molecule has 0 radical (unpaired) electrons. The predicted molar refractivity (Wildman–Crippen MR) is 162 cm³/mol. The molecule has 1 saturated heterocycles. The Labute approximate surface area is 252 Å². The average Bonchev–Trinajstić information content (AvgIpc) is 3.43. The number of nitrogens with zero attached hydrogens (tertiary/aromatic N) is 4. The number of aromatic nitrogens is 2. The molecular weight excluding hydrogens is 575 g/mol. The van der Waals surface area contributed by atoms with Crippen LogP contribution < -0.4 is 19.8 Å². The van der Waals surface area contributed by atoms with Gasteiger partial charge >= 0.3 is 0 Å². The highest BCUT2D eigenvalue weighted by Crippen LogP contribution is 2.38. The van der Waals surface area contributed by atoms with E-state index in [0.29, 0.717) is 77.0 Å². The molecule has 1 atom stereocenters. The Kier molecular flexibility index (Phi) is 8.03. The van der Waals surface area contributed by atoms with Crippen LogP contribution in [0.1, 0.15) is 41.9 Å². The Morgan fingerprint density at radius 1 is 1.02 bits per heavy atom. The van der Waals surface area contributed by atoms with Crippen molar-refractivity contribution in [3.63, 3.8) is 0 Å². The summed E-state index contributed by atoms with van der Waals surface area (Å²) in [7, 11) is 1.55. The fourth-order valence-electron chi connectivity index (χ4n) is 5.49. The van der Waals surface area contributed by atoms with Crippen molar-refractivity contribution in [2.24, 2.45) is 4.99 Å². The zero-order chi connectivity index (χ0) is 30.1. The lowest BCUT2D eigenvalue weighted by Crippen LogP contribution is -2.35. The second-order valence-corrected chi connectivity index (χ2v) is 10.9. The number of methoxy groups -OCH3 is 1. The van der Waals surface area contributed by atoms with Crippen molar-refractivity contribution in [3.05, 3.63) is 81.1 Å².